The summed E-state index contributed by atoms with van der Waals surface area (Å²) >= 11 is 1.56. The van der Waals surface area contributed by atoms with Crippen molar-refractivity contribution in [3.63, 3.8) is 0 Å². The number of benzene rings is 1. The molecule has 1 fully saturated rings. The van der Waals surface area contributed by atoms with Gasteiger partial charge in [-0.1, -0.05) is 19.9 Å². The number of pyridine rings is 1. The number of amides is 1. The number of carbonyl (C=O) groups is 1. The molecule has 1 aromatic carbocycles. The lowest BCUT2D eigenvalue weighted by Crippen LogP contribution is -2.38. The first-order valence-corrected chi connectivity index (χ1v) is 10.4. The smallest absolute Gasteiger partial charge is 0.217 e. The summed E-state index contributed by atoms with van der Waals surface area (Å²) in [4.78, 5) is 17.3. The molecule has 28 heavy (non-hydrogen) atoms. The molecule has 1 aliphatic rings. The monoisotopic (exact) mass is 405 g/mol. The number of hydrogen-bond acceptors (Lipinski definition) is 4. The van der Waals surface area contributed by atoms with E-state index in [1.54, 1.807) is 28.9 Å². The van der Waals surface area contributed by atoms with Gasteiger partial charge in [-0.05, 0) is 42.5 Å². The van der Waals surface area contributed by atoms with Gasteiger partial charge in [0.1, 0.15) is 22.3 Å². The maximum Gasteiger partial charge on any atom is 0.217 e. The number of aromatic nitrogens is 1. The second-order valence-corrected chi connectivity index (χ2v) is 9.00. The summed E-state index contributed by atoms with van der Waals surface area (Å²) < 4.78 is 29.9. The summed E-state index contributed by atoms with van der Waals surface area (Å²) in [6.45, 7) is 5.08. The van der Waals surface area contributed by atoms with Gasteiger partial charge < -0.3 is 10.6 Å². The van der Waals surface area contributed by atoms with Crippen LogP contribution >= 0.6 is 11.8 Å². The van der Waals surface area contributed by atoms with Crippen LogP contribution in [0.4, 0.5) is 14.5 Å². The minimum Gasteiger partial charge on any atom is -0.370 e. The van der Waals surface area contributed by atoms with E-state index in [4.69, 9.17) is 5.73 Å². The van der Waals surface area contributed by atoms with Crippen molar-refractivity contribution in [1.29, 1.82) is 0 Å². The largest absolute Gasteiger partial charge is 0.370 e. The first kappa shape index (κ1) is 20.6. The van der Waals surface area contributed by atoms with Crippen molar-refractivity contribution < 1.29 is 13.6 Å². The van der Waals surface area contributed by atoms with Gasteiger partial charge in [0.25, 0.3) is 0 Å². The molecule has 0 spiro atoms. The highest BCUT2D eigenvalue weighted by atomic mass is 32.2. The van der Waals surface area contributed by atoms with Crippen molar-refractivity contribution >= 4 is 23.4 Å². The molecule has 1 atom stereocenters. The fourth-order valence-electron chi connectivity index (χ4n) is 3.67. The Morgan fingerprint density at radius 2 is 2.07 bits per heavy atom. The summed E-state index contributed by atoms with van der Waals surface area (Å²) in [5, 5.41) is 1.06. The van der Waals surface area contributed by atoms with Crippen molar-refractivity contribution in [2.75, 3.05) is 18.0 Å². The van der Waals surface area contributed by atoms with Crippen molar-refractivity contribution in [2.45, 2.75) is 43.4 Å². The molecule has 2 heterocycles. The van der Waals surface area contributed by atoms with Gasteiger partial charge in [-0.25, -0.2) is 13.8 Å². The third-order valence-corrected chi connectivity index (χ3v) is 5.79. The van der Waals surface area contributed by atoms with E-state index >= 15 is 0 Å². The first-order chi connectivity index (χ1) is 13.3. The lowest BCUT2D eigenvalue weighted by atomic mass is 9.94. The molecule has 1 unspecified atom stereocenters. The highest BCUT2D eigenvalue weighted by Crippen LogP contribution is 2.36. The Bertz CT molecular complexity index is 836. The number of rotatable bonds is 6. The normalized spacial score (nSPS) is 17.2. The number of carbonyl (C=O) groups excluding carboxylic acids is 1. The van der Waals surface area contributed by atoms with Crippen LogP contribution in [0.5, 0.6) is 0 Å². The number of thioether (sulfide) groups is 1. The van der Waals surface area contributed by atoms with Crippen LogP contribution < -0.4 is 10.6 Å². The van der Waals surface area contributed by atoms with Crippen LogP contribution in [0.15, 0.2) is 35.5 Å². The Morgan fingerprint density at radius 3 is 2.71 bits per heavy atom. The Morgan fingerprint density at radius 1 is 1.36 bits per heavy atom. The average molecular weight is 406 g/mol. The maximum absolute atomic E-state index is 15.0. The summed E-state index contributed by atoms with van der Waals surface area (Å²) in [5.74, 6) is -1.55. The van der Waals surface area contributed by atoms with Gasteiger partial charge >= 0.3 is 0 Å². The lowest BCUT2D eigenvalue weighted by molar-refractivity contribution is -0.118. The molecule has 3 rings (SSSR count). The van der Waals surface area contributed by atoms with E-state index < -0.39 is 11.6 Å². The first-order valence-electron chi connectivity index (χ1n) is 9.49. The molecule has 4 nitrogen and oxygen atoms in total. The molecule has 7 heteroatoms. The van der Waals surface area contributed by atoms with Gasteiger partial charge in [-0.15, -0.1) is 11.8 Å². The minimum atomic E-state index is -0.598. The zero-order valence-corrected chi connectivity index (χ0v) is 16.9. The van der Waals surface area contributed by atoms with E-state index in [0.29, 0.717) is 23.9 Å². The number of piperidine rings is 1. The van der Waals surface area contributed by atoms with Crippen LogP contribution in [0.2, 0.25) is 0 Å². The molecule has 2 aromatic rings. The molecule has 1 aromatic heterocycles. The van der Waals surface area contributed by atoms with Gasteiger partial charge in [0.15, 0.2) is 0 Å². The van der Waals surface area contributed by atoms with Crippen molar-refractivity contribution in [3.05, 3.63) is 42.1 Å². The van der Waals surface area contributed by atoms with Crippen LogP contribution in [-0.4, -0.2) is 29.2 Å². The van der Waals surface area contributed by atoms with Crippen LogP contribution in [-0.2, 0) is 4.79 Å². The summed E-state index contributed by atoms with van der Waals surface area (Å²) in [5.41, 5.74) is 6.45. The highest BCUT2D eigenvalue weighted by molar-refractivity contribution is 7.99. The van der Waals surface area contributed by atoms with Gasteiger partial charge in [-0.2, -0.15) is 0 Å². The minimum absolute atomic E-state index is 0.0251. The molecule has 2 N–H and O–H groups in total. The molecule has 1 saturated heterocycles. The Kier molecular flexibility index (Phi) is 6.54. The van der Waals surface area contributed by atoms with E-state index in [0.717, 1.165) is 23.4 Å². The van der Waals surface area contributed by atoms with Crippen LogP contribution in [0.25, 0.3) is 11.1 Å². The second kappa shape index (κ2) is 8.90. The zero-order chi connectivity index (χ0) is 20.3. The fourth-order valence-corrected chi connectivity index (χ4v) is 4.55. The van der Waals surface area contributed by atoms with Crippen molar-refractivity contribution in [2.24, 2.45) is 11.7 Å². The summed E-state index contributed by atoms with van der Waals surface area (Å²) in [6, 6.07) is 6.34. The summed E-state index contributed by atoms with van der Waals surface area (Å²) in [7, 11) is 0. The van der Waals surface area contributed by atoms with Gasteiger partial charge in [0.05, 0.1) is 0 Å². The Labute approximate surface area is 168 Å². The standard InChI is InChI=1S/C21H25F2N3OS/c1-13(2)28-21-16(6-3-7-25-21)15-10-17(22)20(18(23)11-15)26-8-4-5-14(12-26)9-19(24)27/h3,6-7,10-11,13-14H,4-5,8-9,12H2,1-2H3,(H2,24,27). The van der Waals surface area contributed by atoms with Crippen LogP contribution in [0, 0.1) is 17.6 Å². The van der Waals surface area contributed by atoms with Gasteiger partial charge in [-0.3, -0.25) is 4.79 Å². The van der Waals surface area contributed by atoms with Crippen LogP contribution in [0.3, 0.4) is 0 Å². The molecule has 0 saturated carbocycles. The highest BCUT2D eigenvalue weighted by Gasteiger charge is 2.26. The molecule has 0 radical (unpaired) electrons. The Balaban J connectivity index is 1.91. The van der Waals surface area contributed by atoms with Crippen LogP contribution in [0.1, 0.15) is 33.1 Å². The van der Waals surface area contributed by atoms with Gasteiger partial charge in [0, 0.05) is 36.5 Å². The average Bonchev–Trinajstić information content (AvgIpc) is 2.61. The predicted octanol–water partition coefficient (Wildman–Crippen LogP) is 4.62. The van der Waals surface area contributed by atoms with E-state index in [1.807, 2.05) is 19.9 Å². The molecular weight excluding hydrogens is 380 g/mol. The SMILES string of the molecule is CC(C)Sc1ncccc1-c1cc(F)c(N2CCCC(CC(N)=O)C2)c(F)c1. The lowest BCUT2D eigenvalue weighted by Gasteiger charge is -2.34. The third-order valence-electron chi connectivity index (χ3n) is 4.77. The number of nitrogens with zero attached hydrogens (tertiary/aromatic N) is 2. The summed E-state index contributed by atoms with van der Waals surface area (Å²) in [6.07, 6.45) is 3.54. The third kappa shape index (κ3) is 4.82. The molecule has 0 bridgehead atoms. The number of anilines is 1. The van der Waals surface area contributed by atoms with E-state index in [2.05, 4.69) is 4.98 Å². The predicted molar refractivity (Wildman–Crippen MR) is 109 cm³/mol. The molecule has 1 amide bonds. The second-order valence-electron chi connectivity index (χ2n) is 7.44. The quantitative estimate of drug-likeness (QED) is 0.713. The fraction of sp³-hybridized carbons (Fsp3) is 0.429. The number of primary amides is 1. The van der Waals surface area contributed by atoms with E-state index in [9.17, 15) is 13.6 Å². The number of hydrogen-bond donors (Lipinski definition) is 1. The molecular formula is C21H25F2N3OS. The molecule has 0 aliphatic carbocycles. The van der Waals surface area contributed by atoms with E-state index in [-0.39, 0.29) is 23.9 Å². The number of nitrogens with two attached hydrogens (primary N) is 1. The van der Waals surface area contributed by atoms with E-state index in [1.165, 1.54) is 12.1 Å². The maximum atomic E-state index is 15.0. The molecule has 150 valence electrons. The Hall–Kier alpha value is -2.15. The zero-order valence-electron chi connectivity index (χ0n) is 16.1. The number of halogens is 2. The van der Waals surface area contributed by atoms with Crippen molar-refractivity contribution in [1.82, 2.24) is 4.98 Å². The van der Waals surface area contributed by atoms with Gasteiger partial charge in [0.2, 0.25) is 5.91 Å². The topological polar surface area (TPSA) is 59.2 Å². The molecule has 1 aliphatic heterocycles. The van der Waals surface area contributed by atoms with Crippen molar-refractivity contribution in [3.8, 4) is 11.1 Å².